The third-order valence-corrected chi connectivity index (χ3v) is 4.71. The molecule has 20 heavy (non-hydrogen) atoms. The van der Waals surface area contributed by atoms with Crippen molar-refractivity contribution >= 4 is 0 Å². The van der Waals surface area contributed by atoms with Gasteiger partial charge in [-0.05, 0) is 57.3 Å². The largest absolute Gasteiger partial charge is 0.468 e. The van der Waals surface area contributed by atoms with Crippen LogP contribution in [0.3, 0.4) is 0 Å². The fourth-order valence-corrected chi connectivity index (χ4v) is 3.75. The Hall–Kier alpha value is -0.800. The van der Waals surface area contributed by atoms with Crippen molar-refractivity contribution in [2.45, 2.75) is 51.6 Å². The van der Waals surface area contributed by atoms with Gasteiger partial charge < -0.3 is 9.73 Å². The summed E-state index contributed by atoms with van der Waals surface area (Å²) in [6.45, 7) is 4.38. The summed E-state index contributed by atoms with van der Waals surface area (Å²) in [7, 11) is 4.32. The fraction of sp³-hybridized carbons (Fsp3) is 0.765. The molecule has 0 saturated heterocycles. The smallest absolute Gasteiger partial charge is 0.117 e. The summed E-state index contributed by atoms with van der Waals surface area (Å²) in [5.74, 6) is 2.77. The van der Waals surface area contributed by atoms with E-state index in [1.165, 1.54) is 32.1 Å². The van der Waals surface area contributed by atoms with Crippen LogP contribution in [-0.2, 0) is 6.54 Å². The van der Waals surface area contributed by atoms with Crippen LogP contribution in [0.5, 0.6) is 0 Å². The summed E-state index contributed by atoms with van der Waals surface area (Å²) >= 11 is 0. The van der Waals surface area contributed by atoms with Gasteiger partial charge in [0.15, 0.2) is 0 Å². The average Bonchev–Trinajstić information content (AvgIpc) is 2.92. The average molecular weight is 278 g/mol. The van der Waals surface area contributed by atoms with Crippen molar-refractivity contribution in [2.24, 2.45) is 11.8 Å². The number of hydrogen-bond donors (Lipinski definition) is 1. The van der Waals surface area contributed by atoms with Crippen LogP contribution in [0.2, 0.25) is 0 Å². The zero-order valence-electron chi connectivity index (χ0n) is 13.3. The standard InChI is InChI=1S/C17H30N2O/c1-4-6-14-8-9-17(18-2)15(11-14)12-19(3)13-16-7-5-10-20-16/h5,7,10,14-15,17-18H,4,6,8-9,11-13H2,1-3H3. The van der Waals surface area contributed by atoms with Gasteiger partial charge in [0, 0.05) is 12.6 Å². The van der Waals surface area contributed by atoms with Crippen molar-refractivity contribution < 1.29 is 4.42 Å². The summed E-state index contributed by atoms with van der Waals surface area (Å²) in [4.78, 5) is 2.40. The molecule has 0 amide bonds. The molecule has 1 fully saturated rings. The molecule has 1 aromatic heterocycles. The van der Waals surface area contributed by atoms with Crippen LogP contribution in [0, 0.1) is 11.8 Å². The second-order valence-corrected chi connectivity index (χ2v) is 6.40. The number of nitrogens with one attached hydrogen (secondary N) is 1. The van der Waals surface area contributed by atoms with Gasteiger partial charge in [-0.3, -0.25) is 4.90 Å². The van der Waals surface area contributed by atoms with Crippen LogP contribution < -0.4 is 5.32 Å². The van der Waals surface area contributed by atoms with E-state index >= 15 is 0 Å². The molecule has 1 saturated carbocycles. The van der Waals surface area contributed by atoms with Gasteiger partial charge in [0.25, 0.3) is 0 Å². The van der Waals surface area contributed by atoms with Crippen LogP contribution in [0.25, 0.3) is 0 Å². The maximum Gasteiger partial charge on any atom is 0.117 e. The van der Waals surface area contributed by atoms with Crippen LogP contribution in [-0.4, -0.2) is 31.6 Å². The molecular weight excluding hydrogens is 248 g/mol. The Labute approximate surface area is 123 Å². The predicted octanol–water partition coefficient (Wildman–Crippen LogP) is 3.52. The Morgan fingerprint density at radius 1 is 1.40 bits per heavy atom. The first kappa shape index (κ1) is 15.6. The third-order valence-electron chi connectivity index (χ3n) is 4.71. The van der Waals surface area contributed by atoms with Gasteiger partial charge in [-0.1, -0.05) is 19.8 Å². The number of rotatable bonds is 7. The SMILES string of the molecule is CCCC1CCC(NC)C(CN(C)Cc2ccco2)C1. The van der Waals surface area contributed by atoms with Crippen molar-refractivity contribution in [3.63, 3.8) is 0 Å². The molecule has 0 aromatic carbocycles. The first-order chi connectivity index (χ1) is 9.72. The summed E-state index contributed by atoms with van der Waals surface area (Å²) in [6, 6.07) is 4.71. The molecule has 1 aliphatic carbocycles. The monoisotopic (exact) mass is 278 g/mol. The minimum Gasteiger partial charge on any atom is -0.468 e. The van der Waals surface area contributed by atoms with Crippen LogP contribution >= 0.6 is 0 Å². The molecule has 3 nitrogen and oxygen atoms in total. The molecule has 3 atom stereocenters. The van der Waals surface area contributed by atoms with E-state index in [0.717, 1.165) is 30.7 Å². The molecule has 1 N–H and O–H groups in total. The first-order valence-electron chi connectivity index (χ1n) is 8.11. The Balaban J connectivity index is 1.86. The molecule has 1 aliphatic rings. The molecule has 1 heterocycles. The molecule has 0 bridgehead atoms. The van der Waals surface area contributed by atoms with E-state index in [1.807, 2.05) is 6.07 Å². The van der Waals surface area contributed by atoms with E-state index in [-0.39, 0.29) is 0 Å². The number of furan rings is 1. The molecule has 1 aromatic rings. The Kier molecular flexibility index (Phi) is 6.11. The summed E-state index contributed by atoms with van der Waals surface area (Å²) in [5.41, 5.74) is 0. The highest BCUT2D eigenvalue weighted by molar-refractivity contribution is 4.98. The highest BCUT2D eigenvalue weighted by Gasteiger charge is 2.29. The van der Waals surface area contributed by atoms with Gasteiger partial charge in [-0.15, -0.1) is 0 Å². The minimum absolute atomic E-state index is 0.683. The summed E-state index contributed by atoms with van der Waals surface area (Å²) < 4.78 is 5.45. The van der Waals surface area contributed by atoms with Crippen molar-refractivity contribution in [1.29, 1.82) is 0 Å². The van der Waals surface area contributed by atoms with Gasteiger partial charge in [-0.25, -0.2) is 0 Å². The zero-order valence-corrected chi connectivity index (χ0v) is 13.3. The molecule has 2 rings (SSSR count). The third kappa shape index (κ3) is 4.35. The quantitative estimate of drug-likeness (QED) is 0.827. The van der Waals surface area contributed by atoms with Gasteiger partial charge in [-0.2, -0.15) is 0 Å². The molecule has 0 spiro atoms. The summed E-state index contributed by atoms with van der Waals surface area (Å²) in [6.07, 6.45) is 8.59. The fourth-order valence-electron chi connectivity index (χ4n) is 3.75. The second kappa shape index (κ2) is 7.84. The van der Waals surface area contributed by atoms with Gasteiger partial charge in [0.1, 0.15) is 5.76 Å². The van der Waals surface area contributed by atoms with Crippen LogP contribution in [0.4, 0.5) is 0 Å². The first-order valence-corrected chi connectivity index (χ1v) is 8.11. The highest BCUT2D eigenvalue weighted by atomic mass is 16.3. The second-order valence-electron chi connectivity index (χ2n) is 6.40. The normalized spacial score (nSPS) is 27.1. The van der Waals surface area contributed by atoms with Crippen molar-refractivity contribution in [2.75, 3.05) is 20.6 Å². The maximum atomic E-state index is 5.45. The van der Waals surface area contributed by atoms with E-state index in [0.29, 0.717) is 6.04 Å². The van der Waals surface area contributed by atoms with Crippen molar-refractivity contribution in [3.05, 3.63) is 24.2 Å². The summed E-state index contributed by atoms with van der Waals surface area (Å²) in [5, 5.41) is 3.53. The number of hydrogen-bond acceptors (Lipinski definition) is 3. The number of nitrogens with zero attached hydrogens (tertiary/aromatic N) is 1. The Bertz CT molecular complexity index is 363. The lowest BCUT2D eigenvalue weighted by molar-refractivity contribution is 0.146. The predicted molar refractivity (Wildman–Crippen MR) is 83.6 cm³/mol. The lowest BCUT2D eigenvalue weighted by Gasteiger charge is -2.38. The van der Waals surface area contributed by atoms with Crippen molar-refractivity contribution in [1.82, 2.24) is 10.2 Å². The minimum atomic E-state index is 0.683. The molecule has 0 radical (unpaired) electrons. The van der Waals surface area contributed by atoms with Crippen molar-refractivity contribution in [3.8, 4) is 0 Å². The van der Waals surface area contributed by atoms with E-state index in [4.69, 9.17) is 4.42 Å². The topological polar surface area (TPSA) is 28.4 Å². The molecule has 3 heteroatoms. The molecule has 114 valence electrons. The Morgan fingerprint density at radius 2 is 2.25 bits per heavy atom. The van der Waals surface area contributed by atoms with E-state index in [2.05, 4.69) is 37.3 Å². The van der Waals surface area contributed by atoms with Gasteiger partial charge in [0.05, 0.1) is 12.8 Å². The van der Waals surface area contributed by atoms with Gasteiger partial charge >= 0.3 is 0 Å². The zero-order chi connectivity index (χ0) is 14.4. The van der Waals surface area contributed by atoms with E-state index < -0.39 is 0 Å². The Morgan fingerprint density at radius 3 is 2.90 bits per heavy atom. The molecule has 3 unspecified atom stereocenters. The lowest BCUT2D eigenvalue weighted by atomic mass is 9.76. The van der Waals surface area contributed by atoms with E-state index in [9.17, 15) is 0 Å². The lowest BCUT2D eigenvalue weighted by Crippen LogP contribution is -2.43. The van der Waals surface area contributed by atoms with E-state index in [1.54, 1.807) is 6.26 Å². The molecular formula is C17H30N2O. The van der Waals surface area contributed by atoms with Crippen LogP contribution in [0.1, 0.15) is 44.8 Å². The van der Waals surface area contributed by atoms with Gasteiger partial charge in [0.2, 0.25) is 0 Å². The van der Waals surface area contributed by atoms with Crippen LogP contribution in [0.15, 0.2) is 22.8 Å². The highest BCUT2D eigenvalue weighted by Crippen LogP contribution is 2.32. The maximum absolute atomic E-state index is 5.45. The molecule has 0 aliphatic heterocycles.